The Morgan fingerprint density at radius 1 is 1.00 bits per heavy atom. The van der Waals surface area contributed by atoms with Gasteiger partial charge in [0.15, 0.2) is 0 Å². The lowest BCUT2D eigenvalue weighted by Crippen LogP contribution is -2.26. The summed E-state index contributed by atoms with van der Waals surface area (Å²) in [6.07, 6.45) is 1.77. The molecule has 0 saturated carbocycles. The first kappa shape index (κ1) is 23.1. The van der Waals surface area contributed by atoms with Gasteiger partial charge in [-0.1, -0.05) is 52.3 Å². The Bertz CT molecular complexity index is 1730. The SMILES string of the molecule is O=C(c1cccc(F)c1)N1N=C(c2c(-c3ccccc3)c3cc(Br)ccc3[nH]c2=O)CC1c1ccco1. The molecule has 0 saturated heterocycles. The molecule has 3 aromatic carbocycles. The van der Waals surface area contributed by atoms with Crippen LogP contribution in [0.4, 0.5) is 4.39 Å². The number of hydrogen-bond donors (Lipinski definition) is 1. The van der Waals surface area contributed by atoms with Crippen molar-refractivity contribution in [3.8, 4) is 11.1 Å². The molecule has 2 aromatic heterocycles. The fraction of sp³-hybridized carbons (Fsp3) is 0.0690. The highest BCUT2D eigenvalue weighted by Gasteiger charge is 2.37. The second kappa shape index (κ2) is 9.29. The number of pyridine rings is 1. The molecule has 1 unspecified atom stereocenters. The van der Waals surface area contributed by atoms with Crippen molar-refractivity contribution in [1.29, 1.82) is 0 Å². The van der Waals surface area contributed by atoms with Crippen LogP contribution in [0.1, 0.15) is 34.1 Å². The van der Waals surface area contributed by atoms with Gasteiger partial charge in [-0.25, -0.2) is 9.40 Å². The van der Waals surface area contributed by atoms with E-state index in [-0.39, 0.29) is 17.5 Å². The highest BCUT2D eigenvalue weighted by atomic mass is 79.9. The quantitative estimate of drug-likeness (QED) is 0.268. The van der Waals surface area contributed by atoms with Crippen molar-refractivity contribution in [3.05, 3.63) is 129 Å². The molecule has 37 heavy (non-hydrogen) atoms. The van der Waals surface area contributed by atoms with E-state index in [0.29, 0.717) is 22.6 Å². The van der Waals surface area contributed by atoms with E-state index in [2.05, 4.69) is 26.0 Å². The smallest absolute Gasteiger partial charge is 0.274 e. The Kier molecular flexibility index (Phi) is 5.81. The lowest BCUT2D eigenvalue weighted by Gasteiger charge is -2.19. The summed E-state index contributed by atoms with van der Waals surface area (Å²) in [5.74, 6) is -0.492. The Hall–Kier alpha value is -4.30. The highest BCUT2D eigenvalue weighted by Crippen LogP contribution is 2.38. The number of carbonyl (C=O) groups is 1. The highest BCUT2D eigenvalue weighted by molar-refractivity contribution is 9.10. The number of hydrogen-bond acceptors (Lipinski definition) is 4. The first-order chi connectivity index (χ1) is 18.0. The van der Waals surface area contributed by atoms with Crippen molar-refractivity contribution in [2.75, 3.05) is 0 Å². The van der Waals surface area contributed by atoms with E-state index in [4.69, 9.17) is 4.42 Å². The van der Waals surface area contributed by atoms with E-state index in [1.165, 1.54) is 35.5 Å². The molecule has 1 amide bonds. The Morgan fingerprint density at radius 2 is 1.84 bits per heavy atom. The van der Waals surface area contributed by atoms with E-state index >= 15 is 0 Å². The minimum Gasteiger partial charge on any atom is -0.467 e. The van der Waals surface area contributed by atoms with Gasteiger partial charge in [0.1, 0.15) is 17.6 Å². The first-order valence-corrected chi connectivity index (χ1v) is 12.4. The second-order valence-corrected chi connectivity index (χ2v) is 9.62. The van der Waals surface area contributed by atoms with Gasteiger partial charge in [-0.2, -0.15) is 5.10 Å². The summed E-state index contributed by atoms with van der Waals surface area (Å²) in [5.41, 5.74) is 2.91. The van der Waals surface area contributed by atoms with Gasteiger partial charge in [-0.05, 0) is 54.1 Å². The van der Waals surface area contributed by atoms with Crippen molar-refractivity contribution in [2.45, 2.75) is 12.5 Å². The van der Waals surface area contributed by atoms with E-state index in [0.717, 1.165) is 21.0 Å². The monoisotopic (exact) mass is 555 g/mol. The normalized spacial score (nSPS) is 15.2. The average molecular weight is 556 g/mol. The largest absolute Gasteiger partial charge is 0.467 e. The van der Waals surface area contributed by atoms with Gasteiger partial charge in [0.2, 0.25) is 0 Å². The van der Waals surface area contributed by atoms with Crippen LogP contribution >= 0.6 is 15.9 Å². The van der Waals surface area contributed by atoms with Gasteiger partial charge in [-0.15, -0.1) is 0 Å². The van der Waals surface area contributed by atoms with Crippen LogP contribution in [0.15, 0.2) is 110 Å². The molecular formula is C29H19BrFN3O3. The van der Waals surface area contributed by atoms with Crippen LogP contribution < -0.4 is 5.56 Å². The third-order valence-corrected chi connectivity index (χ3v) is 6.88. The fourth-order valence-electron chi connectivity index (χ4n) is 4.75. The lowest BCUT2D eigenvalue weighted by molar-refractivity contribution is 0.0692. The van der Waals surface area contributed by atoms with Crippen LogP contribution in [0.5, 0.6) is 0 Å². The van der Waals surface area contributed by atoms with Crippen molar-refractivity contribution in [1.82, 2.24) is 9.99 Å². The molecule has 6 rings (SSSR count). The van der Waals surface area contributed by atoms with E-state index in [1.54, 1.807) is 12.1 Å². The molecule has 0 spiro atoms. The maximum atomic E-state index is 13.9. The minimum atomic E-state index is -0.595. The third kappa shape index (κ3) is 4.19. The molecule has 8 heteroatoms. The number of aromatic amines is 1. The maximum absolute atomic E-state index is 13.9. The second-order valence-electron chi connectivity index (χ2n) is 8.70. The van der Waals surface area contributed by atoms with Gasteiger partial charge in [-0.3, -0.25) is 9.59 Å². The molecule has 0 radical (unpaired) electrons. The van der Waals surface area contributed by atoms with Crippen LogP contribution in [0.25, 0.3) is 22.0 Å². The summed E-state index contributed by atoms with van der Waals surface area (Å²) < 4.78 is 20.4. The molecular weight excluding hydrogens is 537 g/mol. The van der Waals surface area contributed by atoms with Crippen LogP contribution in [-0.4, -0.2) is 21.6 Å². The van der Waals surface area contributed by atoms with Crippen molar-refractivity contribution < 1.29 is 13.6 Å². The van der Waals surface area contributed by atoms with E-state index in [9.17, 15) is 14.0 Å². The molecule has 3 heterocycles. The first-order valence-electron chi connectivity index (χ1n) is 11.6. The molecule has 1 aliphatic rings. The summed E-state index contributed by atoms with van der Waals surface area (Å²) >= 11 is 3.54. The topological polar surface area (TPSA) is 78.7 Å². The van der Waals surface area contributed by atoms with Crippen LogP contribution in [0.2, 0.25) is 0 Å². The zero-order chi connectivity index (χ0) is 25.5. The summed E-state index contributed by atoms with van der Waals surface area (Å²) in [5, 5.41) is 6.78. The zero-order valence-corrected chi connectivity index (χ0v) is 20.9. The number of H-pyrrole nitrogens is 1. The number of halogens is 2. The molecule has 6 nitrogen and oxygen atoms in total. The number of furan rings is 1. The number of rotatable bonds is 4. The van der Waals surface area contributed by atoms with Gasteiger partial charge in [0, 0.05) is 32.9 Å². The van der Waals surface area contributed by atoms with Crippen LogP contribution in [0, 0.1) is 5.82 Å². The molecule has 1 N–H and O–H groups in total. The number of benzene rings is 3. The number of hydrazone groups is 1. The number of nitrogens with one attached hydrogen (secondary N) is 1. The van der Waals surface area contributed by atoms with Gasteiger partial charge >= 0.3 is 0 Å². The Labute approximate surface area is 219 Å². The average Bonchev–Trinajstić information content (AvgIpc) is 3.59. The molecule has 182 valence electrons. The standard InChI is InChI=1S/C29H19BrFN3O3/c30-19-11-12-22-21(15-19)26(17-6-2-1-3-7-17)27(28(35)32-22)23-16-24(25-10-5-13-37-25)34(33-23)29(36)18-8-4-9-20(31)14-18/h1-15,24H,16H2,(H,32,35). The molecule has 0 fully saturated rings. The van der Waals surface area contributed by atoms with Gasteiger partial charge in [0.25, 0.3) is 11.5 Å². The summed E-state index contributed by atoms with van der Waals surface area (Å²) in [7, 11) is 0. The minimum absolute atomic E-state index is 0.154. The molecule has 1 atom stereocenters. The Morgan fingerprint density at radius 3 is 2.59 bits per heavy atom. The van der Waals surface area contributed by atoms with E-state index in [1.807, 2.05) is 48.5 Å². The Balaban J connectivity index is 1.57. The zero-order valence-electron chi connectivity index (χ0n) is 19.3. The maximum Gasteiger partial charge on any atom is 0.274 e. The molecule has 0 aliphatic carbocycles. The van der Waals surface area contributed by atoms with Crippen molar-refractivity contribution in [3.63, 3.8) is 0 Å². The summed E-state index contributed by atoms with van der Waals surface area (Å²) in [6, 6.07) is 23.6. The third-order valence-electron chi connectivity index (χ3n) is 6.39. The number of fused-ring (bicyclic) bond motifs is 1. The van der Waals surface area contributed by atoms with Crippen molar-refractivity contribution >= 4 is 38.5 Å². The fourth-order valence-corrected chi connectivity index (χ4v) is 5.11. The van der Waals surface area contributed by atoms with Gasteiger partial charge in [0.05, 0.1) is 17.5 Å². The number of aromatic nitrogens is 1. The van der Waals surface area contributed by atoms with Crippen LogP contribution in [-0.2, 0) is 0 Å². The molecule has 5 aromatic rings. The molecule has 0 bridgehead atoms. The summed E-state index contributed by atoms with van der Waals surface area (Å²) in [4.78, 5) is 30.0. The van der Waals surface area contributed by atoms with Crippen LogP contribution in [0.3, 0.4) is 0 Å². The number of carbonyl (C=O) groups excluding carboxylic acids is 1. The lowest BCUT2D eigenvalue weighted by atomic mass is 9.92. The summed E-state index contributed by atoms with van der Waals surface area (Å²) in [6.45, 7) is 0. The van der Waals surface area contributed by atoms with E-state index < -0.39 is 17.8 Å². The number of amides is 1. The predicted octanol–water partition coefficient (Wildman–Crippen LogP) is 6.68. The van der Waals surface area contributed by atoms with Crippen molar-refractivity contribution in [2.24, 2.45) is 5.10 Å². The predicted molar refractivity (Wildman–Crippen MR) is 143 cm³/mol. The number of nitrogens with zero attached hydrogens (tertiary/aromatic N) is 2. The van der Waals surface area contributed by atoms with Gasteiger partial charge < -0.3 is 9.40 Å². The molecule has 1 aliphatic heterocycles.